The molecule has 0 unspecified atom stereocenters. The quantitative estimate of drug-likeness (QED) is 0.423. The van der Waals surface area contributed by atoms with E-state index in [-0.39, 0.29) is 51.4 Å². The van der Waals surface area contributed by atoms with Gasteiger partial charge in [0.1, 0.15) is 0 Å². The average molecular weight is 151 g/mol. The summed E-state index contributed by atoms with van der Waals surface area (Å²) in [5, 5.41) is 3.07. The van der Waals surface area contributed by atoms with Crippen molar-refractivity contribution in [3.05, 3.63) is 0 Å². The summed E-state index contributed by atoms with van der Waals surface area (Å²) in [7, 11) is 9.14. The van der Waals surface area contributed by atoms with Gasteiger partial charge in [0.25, 0.3) is 0 Å². The van der Waals surface area contributed by atoms with Crippen LogP contribution in [0.5, 0.6) is 0 Å². The van der Waals surface area contributed by atoms with E-state index in [0.717, 1.165) is 6.54 Å². The summed E-state index contributed by atoms with van der Waals surface area (Å²) in [4.78, 5) is 1.67. The molecule has 4 heteroatoms. The van der Waals surface area contributed by atoms with Gasteiger partial charge in [0.15, 0.2) is 0 Å². The van der Waals surface area contributed by atoms with Crippen LogP contribution in [0.25, 0.3) is 0 Å². The number of hydrogen-bond acceptors (Lipinski definition) is 2. The molecule has 0 spiro atoms. The van der Waals surface area contributed by atoms with Crippen LogP contribution >= 0.6 is 0 Å². The Kier molecular flexibility index (Phi) is 11.4. The van der Waals surface area contributed by atoms with Crippen molar-refractivity contribution in [1.82, 2.24) is 10.1 Å². The Morgan fingerprint density at radius 2 is 2.11 bits per heavy atom. The normalized spacial score (nSPS) is 13.0. The zero-order valence-electron chi connectivity index (χ0n) is 6.81. The molecule has 1 N–H and O–H groups in total. The average Bonchev–Trinajstić information content (AvgIpc) is 1.65. The maximum Gasteiger partial charge on any atom is 1.00 e. The third kappa shape index (κ3) is 9.62. The molecule has 0 amide bonds. The molecule has 3 radical (unpaired) electrons. The van der Waals surface area contributed by atoms with E-state index in [1.54, 1.807) is 4.81 Å². The van der Waals surface area contributed by atoms with Crippen LogP contribution < -0.4 is 56.7 Å². The first-order valence-electron chi connectivity index (χ1n) is 2.80. The van der Waals surface area contributed by atoms with Crippen molar-refractivity contribution in [1.29, 1.82) is 0 Å². The molecule has 0 aromatic heterocycles. The van der Waals surface area contributed by atoms with Crippen molar-refractivity contribution in [2.45, 2.75) is 13.0 Å². The SMILES string of the molecule is [B-]N(C)C[C@H](C)NC.[K+]. The zero-order valence-corrected chi connectivity index (χ0v) is 9.93. The molecule has 0 aliphatic carbocycles. The predicted molar refractivity (Wildman–Crippen MR) is 36.9 cm³/mol. The van der Waals surface area contributed by atoms with Crippen molar-refractivity contribution >= 4 is 7.98 Å². The van der Waals surface area contributed by atoms with Gasteiger partial charge in [0.05, 0.1) is 0 Å². The van der Waals surface area contributed by atoms with Gasteiger partial charge in [-0.3, -0.25) is 0 Å². The summed E-state index contributed by atoms with van der Waals surface area (Å²) in [5.41, 5.74) is 0. The van der Waals surface area contributed by atoms with Gasteiger partial charge < -0.3 is 18.1 Å². The topological polar surface area (TPSA) is 15.3 Å². The molecule has 47 valence electrons. The predicted octanol–water partition coefficient (Wildman–Crippen LogP) is -3.39. The molecule has 1 atom stereocenters. The fraction of sp³-hybridized carbons (Fsp3) is 1.00. The van der Waals surface area contributed by atoms with Gasteiger partial charge in [0, 0.05) is 6.04 Å². The summed E-state index contributed by atoms with van der Waals surface area (Å²) in [5.74, 6) is 0. The molecule has 0 bridgehead atoms. The van der Waals surface area contributed by atoms with Gasteiger partial charge >= 0.3 is 51.4 Å². The molecular formula is C5H13BKN2. The molecule has 0 fully saturated rings. The molecular weight excluding hydrogens is 138 g/mol. The van der Waals surface area contributed by atoms with Gasteiger partial charge in [-0.05, 0) is 20.5 Å². The van der Waals surface area contributed by atoms with Crippen LogP contribution in [0.3, 0.4) is 0 Å². The van der Waals surface area contributed by atoms with E-state index >= 15 is 0 Å². The molecule has 0 aromatic carbocycles. The van der Waals surface area contributed by atoms with Crippen LogP contribution in [-0.2, 0) is 0 Å². The number of nitrogens with one attached hydrogen (secondary N) is 1. The summed E-state index contributed by atoms with van der Waals surface area (Å²) < 4.78 is 0. The molecule has 0 aliphatic rings. The maximum absolute atomic E-state index is 5.36. The van der Waals surface area contributed by atoms with E-state index in [9.17, 15) is 0 Å². The second-order valence-corrected chi connectivity index (χ2v) is 2.13. The summed E-state index contributed by atoms with van der Waals surface area (Å²) >= 11 is 0. The summed E-state index contributed by atoms with van der Waals surface area (Å²) in [6, 6.07) is 0.477. The fourth-order valence-corrected chi connectivity index (χ4v) is 0.523. The minimum Gasteiger partial charge on any atom is -0.582 e. The first-order valence-corrected chi connectivity index (χ1v) is 2.80. The van der Waals surface area contributed by atoms with Crippen molar-refractivity contribution in [3.63, 3.8) is 0 Å². The van der Waals surface area contributed by atoms with E-state index in [2.05, 4.69) is 12.2 Å². The molecule has 0 saturated carbocycles. The van der Waals surface area contributed by atoms with E-state index in [4.69, 9.17) is 7.98 Å². The van der Waals surface area contributed by atoms with Gasteiger partial charge in [-0.1, -0.05) is 7.05 Å². The Balaban J connectivity index is 0. The van der Waals surface area contributed by atoms with Crippen molar-refractivity contribution < 1.29 is 51.4 Å². The minimum absolute atomic E-state index is 0. The van der Waals surface area contributed by atoms with Crippen LogP contribution in [0, 0.1) is 0 Å². The van der Waals surface area contributed by atoms with E-state index in [0.29, 0.717) is 6.04 Å². The smallest absolute Gasteiger partial charge is 0.582 e. The summed E-state index contributed by atoms with van der Waals surface area (Å²) in [6.07, 6.45) is 0. The number of rotatable bonds is 3. The Hall–Kier alpha value is 1.62. The van der Waals surface area contributed by atoms with Crippen LogP contribution in [0.15, 0.2) is 0 Å². The van der Waals surface area contributed by atoms with Gasteiger partial charge in [-0.2, -0.15) is 0 Å². The number of hydrogen-bond donors (Lipinski definition) is 1. The zero-order chi connectivity index (χ0) is 6.57. The van der Waals surface area contributed by atoms with Crippen molar-refractivity contribution in [2.24, 2.45) is 0 Å². The molecule has 0 aromatic rings. The molecule has 0 rings (SSSR count). The molecule has 9 heavy (non-hydrogen) atoms. The first-order chi connectivity index (χ1) is 3.66. The Labute approximate surface area is 102 Å². The minimum atomic E-state index is 0. The Bertz CT molecular complexity index is 60.9. The van der Waals surface area contributed by atoms with Crippen molar-refractivity contribution in [2.75, 3.05) is 20.6 Å². The van der Waals surface area contributed by atoms with E-state index in [1.807, 2.05) is 14.1 Å². The number of likely N-dealkylation sites (N-methyl/N-ethyl adjacent to an activating group) is 2. The van der Waals surface area contributed by atoms with Crippen LogP contribution in [0.1, 0.15) is 6.92 Å². The van der Waals surface area contributed by atoms with Crippen molar-refractivity contribution in [3.8, 4) is 0 Å². The molecule has 0 heterocycles. The van der Waals surface area contributed by atoms with Crippen LogP contribution in [0.4, 0.5) is 0 Å². The third-order valence-electron chi connectivity index (χ3n) is 1.05. The Morgan fingerprint density at radius 3 is 2.22 bits per heavy atom. The fourth-order valence-electron chi connectivity index (χ4n) is 0.523. The van der Waals surface area contributed by atoms with Gasteiger partial charge in [0.2, 0.25) is 0 Å². The first kappa shape index (κ1) is 13.2. The van der Waals surface area contributed by atoms with Crippen LogP contribution in [-0.4, -0.2) is 39.5 Å². The summed E-state index contributed by atoms with van der Waals surface area (Å²) in [6.45, 7) is 2.97. The molecule has 0 saturated heterocycles. The van der Waals surface area contributed by atoms with E-state index in [1.165, 1.54) is 0 Å². The standard InChI is InChI=1S/C5H13BN2.K/c1-5(7-2)4-8(3)6;/h5,7H,4H2,1-3H3;/q-1;+1/t5-;/m0./s1. The van der Waals surface area contributed by atoms with Crippen LogP contribution in [0.2, 0.25) is 0 Å². The van der Waals surface area contributed by atoms with Gasteiger partial charge in [-0.25, -0.2) is 0 Å². The second-order valence-electron chi connectivity index (χ2n) is 2.13. The Morgan fingerprint density at radius 1 is 1.67 bits per heavy atom. The van der Waals surface area contributed by atoms with E-state index < -0.39 is 0 Å². The second kappa shape index (κ2) is 7.73. The molecule has 2 nitrogen and oxygen atoms in total. The number of nitrogens with zero attached hydrogens (tertiary/aromatic N) is 1. The molecule has 0 aliphatic heterocycles. The largest absolute Gasteiger partial charge is 1.00 e. The monoisotopic (exact) mass is 151 g/mol. The van der Waals surface area contributed by atoms with Gasteiger partial charge in [-0.15, -0.1) is 0 Å². The third-order valence-corrected chi connectivity index (χ3v) is 1.05. The maximum atomic E-state index is 5.36.